The number of fused-ring (bicyclic) bond motifs is 1. The number of esters is 1. The lowest BCUT2D eigenvalue weighted by Gasteiger charge is -2.17. The Morgan fingerprint density at radius 1 is 1.06 bits per heavy atom. The van der Waals surface area contributed by atoms with Crippen molar-refractivity contribution < 1.29 is 14.3 Å². The molecule has 1 aliphatic rings. The topological polar surface area (TPSA) is 96.4 Å². The quantitative estimate of drug-likeness (QED) is 0.384. The molecule has 3 aromatic carbocycles. The van der Waals surface area contributed by atoms with Gasteiger partial charge < -0.3 is 15.2 Å². The highest BCUT2D eigenvalue weighted by Gasteiger charge is 2.27. The highest BCUT2D eigenvalue weighted by atomic mass is 16.5. The zero-order valence-corrected chi connectivity index (χ0v) is 20.2. The van der Waals surface area contributed by atoms with Crippen molar-refractivity contribution in [1.29, 1.82) is 0 Å². The highest BCUT2D eigenvalue weighted by molar-refractivity contribution is 5.84. The molecule has 7 heteroatoms. The van der Waals surface area contributed by atoms with E-state index in [9.17, 15) is 9.59 Å². The van der Waals surface area contributed by atoms with Gasteiger partial charge in [-0.15, -0.1) is 0 Å². The van der Waals surface area contributed by atoms with Gasteiger partial charge >= 0.3 is 5.97 Å². The van der Waals surface area contributed by atoms with E-state index in [4.69, 9.17) is 15.2 Å². The molecule has 5 rings (SSSR count). The highest BCUT2D eigenvalue weighted by Crippen LogP contribution is 2.33. The fraction of sp³-hybridized carbons (Fsp3) is 0.276. The third kappa shape index (κ3) is 5.02. The number of carbonyl (C=O) groups is 1. The van der Waals surface area contributed by atoms with Gasteiger partial charge in [-0.25, -0.2) is 4.98 Å². The number of aryl methyl sites for hydroxylation is 1. The first kappa shape index (κ1) is 23.8. The van der Waals surface area contributed by atoms with Gasteiger partial charge in [-0.05, 0) is 53.6 Å². The lowest BCUT2D eigenvalue weighted by Crippen LogP contribution is -2.29. The maximum absolute atomic E-state index is 13.3. The molecular formula is C29H29N3O4. The number of rotatable bonds is 7. The zero-order valence-electron chi connectivity index (χ0n) is 20.2. The fourth-order valence-electron chi connectivity index (χ4n) is 4.76. The van der Waals surface area contributed by atoms with E-state index >= 15 is 0 Å². The Morgan fingerprint density at radius 3 is 2.56 bits per heavy atom. The minimum Gasteiger partial charge on any atom is -0.469 e. The third-order valence-corrected chi connectivity index (χ3v) is 6.78. The molecule has 2 N–H and O–H groups in total. The van der Waals surface area contributed by atoms with Crippen molar-refractivity contribution in [3.05, 3.63) is 94.3 Å². The van der Waals surface area contributed by atoms with Crippen molar-refractivity contribution in [1.82, 2.24) is 9.55 Å². The monoisotopic (exact) mass is 483 g/mol. The van der Waals surface area contributed by atoms with Crippen molar-refractivity contribution in [2.24, 2.45) is 0 Å². The number of aromatic nitrogens is 2. The van der Waals surface area contributed by atoms with Gasteiger partial charge in [0.1, 0.15) is 0 Å². The summed E-state index contributed by atoms with van der Waals surface area (Å²) >= 11 is 0. The maximum Gasteiger partial charge on any atom is 0.305 e. The molecule has 1 fully saturated rings. The Kier molecular flexibility index (Phi) is 6.82. The molecule has 7 nitrogen and oxygen atoms in total. The Morgan fingerprint density at radius 2 is 1.81 bits per heavy atom. The summed E-state index contributed by atoms with van der Waals surface area (Å²) in [6, 6.07) is 23.7. The molecule has 2 heterocycles. The van der Waals surface area contributed by atoms with E-state index in [1.807, 2.05) is 60.7 Å². The van der Waals surface area contributed by atoms with Crippen LogP contribution in [0.25, 0.3) is 22.0 Å². The number of benzene rings is 3. The molecule has 0 spiro atoms. The van der Waals surface area contributed by atoms with E-state index in [2.05, 4.69) is 17.1 Å². The molecule has 1 aliphatic heterocycles. The number of nitrogens with zero attached hydrogens (tertiary/aromatic N) is 2. The van der Waals surface area contributed by atoms with Crippen LogP contribution < -0.4 is 11.3 Å². The van der Waals surface area contributed by atoms with Crippen molar-refractivity contribution in [2.45, 2.75) is 44.4 Å². The van der Waals surface area contributed by atoms with E-state index in [-0.39, 0.29) is 29.7 Å². The first-order valence-corrected chi connectivity index (χ1v) is 12.2. The lowest BCUT2D eigenvalue weighted by molar-refractivity contribution is -0.140. The van der Waals surface area contributed by atoms with Gasteiger partial charge in [0, 0.05) is 6.42 Å². The summed E-state index contributed by atoms with van der Waals surface area (Å²) in [5, 5.41) is 0.528. The van der Waals surface area contributed by atoms with Crippen molar-refractivity contribution in [3.63, 3.8) is 0 Å². The van der Waals surface area contributed by atoms with Crippen molar-refractivity contribution in [2.75, 3.05) is 12.8 Å². The molecule has 0 amide bonds. The summed E-state index contributed by atoms with van der Waals surface area (Å²) in [5.41, 5.74) is 10.8. The standard InChI is InChI=1S/C29H29N3O4/c1-35-27(33)16-9-19-7-10-20(11-8-19)22-12-14-24-25(17-22)31-29(30)32(28(24)34)18-23-13-15-26(36-23)21-5-3-2-4-6-21/h2-8,10-12,14,17,23,26H,9,13,15-16,18H2,1H3,(H2,30,31)/t23-,26+/m0/s1. The van der Waals surface area contributed by atoms with Crippen LogP contribution in [0.15, 0.2) is 77.6 Å². The smallest absolute Gasteiger partial charge is 0.305 e. The number of ether oxygens (including phenoxy) is 2. The van der Waals surface area contributed by atoms with Crippen LogP contribution in [0.4, 0.5) is 5.95 Å². The van der Waals surface area contributed by atoms with Gasteiger partial charge in [0.05, 0.1) is 36.8 Å². The molecule has 184 valence electrons. The number of anilines is 1. The molecule has 0 saturated carbocycles. The van der Waals surface area contributed by atoms with Crippen molar-refractivity contribution >= 4 is 22.8 Å². The summed E-state index contributed by atoms with van der Waals surface area (Å²) in [6.07, 6.45) is 2.69. The number of nitrogens with two attached hydrogens (primary N) is 1. The molecule has 1 aromatic heterocycles. The molecular weight excluding hydrogens is 454 g/mol. The summed E-state index contributed by atoms with van der Waals surface area (Å²) in [6.45, 7) is 0.381. The van der Waals surface area contributed by atoms with Gasteiger partial charge in [-0.1, -0.05) is 60.7 Å². The number of hydrogen-bond acceptors (Lipinski definition) is 6. The third-order valence-electron chi connectivity index (χ3n) is 6.78. The van der Waals surface area contributed by atoms with Crippen LogP contribution >= 0.6 is 0 Å². The van der Waals surface area contributed by atoms with E-state index < -0.39 is 0 Å². The van der Waals surface area contributed by atoms with Crippen LogP contribution in [0.2, 0.25) is 0 Å². The molecule has 0 aliphatic carbocycles. The van der Waals surface area contributed by atoms with Gasteiger partial charge in [-0.3, -0.25) is 14.2 Å². The van der Waals surface area contributed by atoms with E-state index in [0.717, 1.165) is 35.1 Å². The summed E-state index contributed by atoms with van der Waals surface area (Å²) < 4.78 is 12.5. The van der Waals surface area contributed by atoms with Gasteiger partial charge in [0.15, 0.2) is 0 Å². The van der Waals surface area contributed by atoms with Crippen molar-refractivity contribution in [3.8, 4) is 11.1 Å². The summed E-state index contributed by atoms with van der Waals surface area (Å²) in [7, 11) is 1.39. The lowest BCUT2D eigenvalue weighted by atomic mass is 10.0. The zero-order chi connectivity index (χ0) is 25.1. The normalized spacial score (nSPS) is 17.4. The van der Waals surface area contributed by atoms with E-state index in [1.165, 1.54) is 11.7 Å². The second kappa shape index (κ2) is 10.3. The molecule has 1 saturated heterocycles. The number of hydrogen-bond donors (Lipinski definition) is 1. The Bertz CT molecular complexity index is 1430. The average Bonchev–Trinajstić information content (AvgIpc) is 3.39. The van der Waals surface area contributed by atoms with Gasteiger partial charge in [-0.2, -0.15) is 0 Å². The van der Waals surface area contributed by atoms with E-state index in [0.29, 0.717) is 30.3 Å². The Labute approximate surface area is 209 Å². The van der Waals surface area contributed by atoms with Crippen LogP contribution in [-0.4, -0.2) is 28.7 Å². The molecule has 0 unspecified atom stereocenters. The first-order chi connectivity index (χ1) is 17.5. The predicted molar refractivity (Wildman–Crippen MR) is 139 cm³/mol. The Hall–Kier alpha value is -3.97. The molecule has 0 bridgehead atoms. The number of nitrogen functional groups attached to an aromatic ring is 1. The Balaban J connectivity index is 1.33. The number of methoxy groups -OCH3 is 1. The van der Waals surface area contributed by atoms with Crippen LogP contribution in [0.5, 0.6) is 0 Å². The van der Waals surface area contributed by atoms with Crippen LogP contribution in [0.3, 0.4) is 0 Å². The van der Waals surface area contributed by atoms with Gasteiger partial charge in [0.2, 0.25) is 5.95 Å². The largest absolute Gasteiger partial charge is 0.469 e. The molecule has 0 radical (unpaired) electrons. The SMILES string of the molecule is COC(=O)CCc1ccc(-c2ccc3c(=O)n(C[C@@H]4CC[C@H](c5ccccc5)O4)c(N)nc3c2)cc1. The van der Waals surface area contributed by atoms with Crippen LogP contribution in [0.1, 0.15) is 36.5 Å². The van der Waals surface area contributed by atoms with Crippen LogP contribution in [-0.2, 0) is 27.2 Å². The summed E-state index contributed by atoms with van der Waals surface area (Å²) in [5.74, 6) is -0.0343. The van der Waals surface area contributed by atoms with Gasteiger partial charge in [0.25, 0.3) is 5.56 Å². The second-order valence-electron chi connectivity index (χ2n) is 9.13. The minimum atomic E-state index is -0.224. The first-order valence-electron chi connectivity index (χ1n) is 12.2. The average molecular weight is 484 g/mol. The second-order valence-corrected chi connectivity index (χ2v) is 9.13. The van der Waals surface area contributed by atoms with Crippen LogP contribution in [0, 0.1) is 0 Å². The van der Waals surface area contributed by atoms with E-state index in [1.54, 1.807) is 0 Å². The summed E-state index contributed by atoms with van der Waals surface area (Å²) in [4.78, 5) is 29.2. The maximum atomic E-state index is 13.3. The molecule has 2 atom stereocenters. The molecule has 4 aromatic rings. The fourth-order valence-corrected chi connectivity index (χ4v) is 4.76. The minimum absolute atomic E-state index is 0.0379. The predicted octanol–water partition coefficient (Wildman–Crippen LogP) is 4.67. The number of carbonyl (C=O) groups excluding carboxylic acids is 1. The molecule has 36 heavy (non-hydrogen) atoms.